The van der Waals surface area contributed by atoms with Crippen molar-refractivity contribution in [2.75, 3.05) is 5.32 Å². The van der Waals surface area contributed by atoms with Crippen LogP contribution in [-0.4, -0.2) is 39.7 Å². The van der Waals surface area contributed by atoms with Crippen LogP contribution < -0.4 is 10.6 Å². The molecule has 1 aromatic heterocycles. The molecular weight excluding hydrogens is 465 g/mol. The SMILES string of the molecule is O=C1CCC(N2Cc3[c-]cc(COC(=O)Nc4cccnc4)cc3C2=O)C(=O)N1.[Y]. The zero-order chi connectivity index (χ0) is 20.4. The van der Waals surface area contributed by atoms with Crippen molar-refractivity contribution in [3.63, 3.8) is 0 Å². The van der Waals surface area contributed by atoms with Gasteiger partial charge in [-0.1, -0.05) is 5.56 Å². The Kier molecular flexibility index (Phi) is 6.94. The van der Waals surface area contributed by atoms with Crippen molar-refractivity contribution >= 4 is 29.5 Å². The second-order valence-corrected chi connectivity index (χ2v) is 6.74. The predicted molar refractivity (Wildman–Crippen MR) is 99.4 cm³/mol. The predicted octanol–water partition coefficient (Wildman–Crippen LogP) is 1.39. The smallest absolute Gasteiger partial charge is 0.410 e. The summed E-state index contributed by atoms with van der Waals surface area (Å²) in [7, 11) is 0. The van der Waals surface area contributed by atoms with E-state index >= 15 is 0 Å². The van der Waals surface area contributed by atoms with Gasteiger partial charge in [0.1, 0.15) is 6.04 Å². The van der Waals surface area contributed by atoms with E-state index in [1.807, 2.05) is 0 Å². The number of amides is 4. The molecule has 2 aromatic rings. The van der Waals surface area contributed by atoms with Gasteiger partial charge in [-0.25, -0.2) is 4.79 Å². The number of nitrogens with one attached hydrogen (secondary N) is 2. The van der Waals surface area contributed by atoms with E-state index in [0.29, 0.717) is 28.8 Å². The summed E-state index contributed by atoms with van der Waals surface area (Å²) in [4.78, 5) is 53.4. The topological polar surface area (TPSA) is 118 Å². The molecule has 4 amide bonds. The second kappa shape index (κ2) is 9.44. The van der Waals surface area contributed by atoms with Crippen molar-refractivity contribution in [3.8, 4) is 0 Å². The minimum Gasteiger partial charge on any atom is -0.457 e. The molecule has 0 aliphatic carbocycles. The Labute approximate surface area is 197 Å². The molecule has 1 unspecified atom stereocenters. The number of piperidine rings is 1. The van der Waals surface area contributed by atoms with Crippen molar-refractivity contribution in [1.29, 1.82) is 0 Å². The van der Waals surface area contributed by atoms with Gasteiger partial charge in [0.15, 0.2) is 5.91 Å². The molecule has 1 saturated heterocycles. The van der Waals surface area contributed by atoms with Gasteiger partial charge in [0.05, 0.1) is 18.5 Å². The average molecular weight is 482 g/mol. The number of imide groups is 1. The Morgan fingerprint density at radius 2 is 2.20 bits per heavy atom. The van der Waals surface area contributed by atoms with Gasteiger partial charge in [0.25, 0.3) is 0 Å². The number of fused-ring (bicyclic) bond motifs is 1. The Morgan fingerprint density at radius 3 is 2.93 bits per heavy atom. The summed E-state index contributed by atoms with van der Waals surface area (Å²) in [5.74, 6) is -1.09. The monoisotopic (exact) mass is 482 g/mol. The van der Waals surface area contributed by atoms with Gasteiger partial charge in [-0.15, -0.1) is 11.1 Å². The van der Waals surface area contributed by atoms with Crippen LogP contribution in [0.25, 0.3) is 0 Å². The van der Waals surface area contributed by atoms with Crippen molar-refractivity contribution in [3.05, 3.63) is 59.4 Å². The maximum atomic E-state index is 12.8. The minimum absolute atomic E-state index is 0. The first-order valence-corrected chi connectivity index (χ1v) is 9.03. The maximum absolute atomic E-state index is 12.8. The van der Waals surface area contributed by atoms with Crippen molar-refractivity contribution in [2.45, 2.75) is 32.0 Å². The molecule has 0 saturated carbocycles. The third-order valence-electron chi connectivity index (χ3n) is 4.77. The van der Waals surface area contributed by atoms with Crippen LogP contribution in [0, 0.1) is 6.07 Å². The molecule has 2 N–H and O–H groups in total. The van der Waals surface area contributed by atoms with Gasteiger partial charge < -0.3 is 9.64 Å². The van der Waals surface area contributed by atoms with Gasteiger partial charge >= 0.3 is 6.09 Å². The molecule has 151 valence electrons. The summed E-state index contributed by atoms with van der Waals surface area (Å²) in [6, 6.07) is 9.01. The molecule has 30 heavy (non-hydrogen) atoms. The first-order chi connectivity index (χ1) is 14.0. The molecule has 2 aliphatic rings. The van der Waals surface area contributed by atoms with E-state index in [0.717, 1.165) is 0 Å². The number of hydrogen-bond acceptors (Lipinski definition) is 6. The van der Waals surface area contributed by atoms with E-state index < -0.39 is 18.0 Å². The van der Waals surface area contributed by atoms with E-state index in [9.17, 15) is 19.2 Å². The summed E-state index contributed by atoms with van der Waals surface area (Å²) < 4.78 is 5.17. The number of aromatic nitrogens is 1. The van der Waals surface area contributed by atoms with Gasteiger partial charge in [-0.2, -0.15) is 18.2 Å². The van der Waals surface area contributed by atoms with Gasteiger partial charge in [-0.3, -0.25) is 30.0 Å². The van der Waals surface area contributed by atoms with E-state index in [-0.39, 0.29) is 64.1 Å². The zero-order valence-corrected chi connectivity index (χ0v) is 18.7. The van der Waals surface area contributed by atoms with Gasteiger partial charge in [0, 0.05) is 51.9 Å². The molecule has 1 radical (unpaired) electrons. The molecule has 3 heterocycles. The first-order valence-electron chi connectivity index (χ1n) is 9.03. The van der Waals surface area contributed by atoms with E-state index in [1.165, 1.54) is 11.1 Å². The Balaban J connectivity index is 0.00000256. The summed E-state index contributed by atoms with van der Waals surface area (Å²) in [6.45, 7) is 0.213. The number of carbonyl (C=O) groups excluding carboxylic acids is 4. The largest absolute Gasteiger partial charge is 0.457 e. The second-order valence-electron chi connectivity index (χ2n) is 6.74. The Morgan fingerprint density at radius 1 is 1.37 bits per heavy atom. The summed E-state index contributed by atoms with van der Waals surface area (Å²) in [5.41, 5.74) is 2.20. The quantitative estimate of drug-likeness (QED) is 0.503. The molecule has 4 rings (SSSR count). The number of hydrogen-bond donors (Lipinski definition) is 2. The molecule has 2 aliphatic heterocycles. The van der Waals surface area contributed by atoms with Crippen molar-refractivity contribution in [1.82, 2.24) is 15.2 Å². The van der Waals surface area contributed by atoms with Gasteiger partial charge in [0.2, 0.25) is 11.8 Å². The molecule has 10 heteroatoms. The third kappa shape index (κ3) is 4.74. The number of carbonyl (C=O) groups is 4. The Bertz CT molecular complexity index is 998. The number of ether oxygens (including phenoxy) is 1. The average Bonchev–Trinajstić information content (AvgIpc) is 3.03. The number of pyridine rings is 1. The summed E-state index contributed by atoms with van der Waals surface area (Å²) in [5, 5.41) is 4.82. The number of anilines is 1. The summed E-state index contributed by atoms with van der Waals surface area (Å²) >= 11 is 0. The number of nitrogens with zero attached hydrogens (tertiary/aromatic N) is 2. The van der Waals surface area contributed by atoms with Crippen LogP contribution in [0.4, 0.5) is 10.5 Å². The van der Waals surface area contributed by atoms with E-state index in [2.05, 4.69) is 21.7 Å². The fraction of sp³-hybridized carbons (Fsp3) is 0.250. The van der Waals surface area contributed by atoms with Crippen LogP contribution in [0.2, 0.25) is 0 Å². The maximum Gasteiger partial charge on any atom is 0.410 e. The van der Waals surface area contributed by atoms with Crippen molar-refractivity contribution < 1.29 is 56.6 Å². The fourth-order valence-corrected chi connectivity index (χ4v) is 3.34. The molecule has 1 atom stereocenters. The molecule has 0 bridgehead atoms. The number of benzene rings is 1. The zero-order valence-electron chi connectivity index (χ0n) is 15.9. The van der Waals surface area contributed by atoms with Crippen LogP contribution in [0.3, 0.4) is 0 Å². The van der Waals surface area contributed by atoms with E-state index in [4.69, 9.17) is 4.74 Å². The standard InChI is InChI=1S/C20H17N4O5.Y/c25-17-6-5-16(18(26)23-17)24-10-13-4-3-12(8-15(13)19(24)27)11-29-20(28)22-14-2-1-7-21-9-14;/h1-3,7-9,16H,5-6,10-11H2,(H,22,28)(H,23,25,26);/q-1;. The normalized spacial score (nSPS) is 17.7. The first kappa shape index (κ1) is 22.0. The third-order valence-corrected chi connectivity index (χ3v) is 4.77. The fourth-order valence-electron chi connectivity index (χ4n) is 3.34. The minimum atomic E-state index is -0.675. The molecular formula is C20H17N4O5Y-. The molecule has 0 spiro atoms. The summed E-state index contributed by atoms with van der Waals surface area (Å²) in [6.07, 6.45) is 2.94. The van der Waals surface area contributed by atoms with E-state index in [1.54, 1.807) is 30.5 Å². The van der Waals surface area contributed by atoms with Crippen LogP contribution in [-0.2, 0) is 60.2 Å². The van der Waals surface area contributed by atoms with Crippen molar-refractivity contribution in [2.24, 2.45) is 0 Å². The van der Waals surface area contributed by atoms with Crippen LogP contribution in [0.5, 0.6) is 0 Å². The molecule has 9 nitrogen and oxygen atoms in total. The Hall–Kier alpha value is -2.65. The van der Waals surface area contributed by atoms with Crippen LogP contribution in [0.1, 0.15) is 34.3 Å². The van der Waals surface area contributed by atoms with Gasteiger partial charge in [-0.05, 0) is 18.6 Å². The molecule has 1 aromatic carbocycles. The van der Waals surface area contributed by atoms with Crippen LogP contribution in [0.15, 0.2) is 36.7 Å². The molecule has 1 fully saturated rings. The number of rotatable bonds is 4. The van der Waals surface area contributed by atoms with Crippen LogP contribution >= 0.6 is 0 Å².